The van der Waals surface area contributed by atoms with Crippen LogP contribution in [0.5, 0.6) is 0 Å². The third kappa shape index (κ3) is 2.60. The Kier molecular flexibility index (Phi) is 4.32. The van der Waals surface area contributed by atoms with Gasteiger partial charge in [0.05, 0.1) is 6.20 Å². The SMILES string of the molecule is c1ccc(C(c2ccccc2)(c2ccccc2)n2ncc3c2CCCC3)cc1. The quantitative estimate of drug-likeness (QED) is 0.431. The predicted octanol–water partition coefficient (Wildman–Crippen LogP) is 5.60. The van der Waals surface area contributed by atoms with E-state index in [0.29, 0.717) is 0 Å². The summed E-state index contributed by atoms with van der Waals surface area (Å²) in [6.07, 6.45) is 6.80. The van der Waals surface area contributed by atoms with Crippen molar-refractivity contribution in [2.75, 3.05) is 0 Å². The number of benzene rings is 3. The lowest BCUT2D eigenvalue weighted by Gasteiger charge is -2.38. The third-order valence-electron chi connectivity index (χ3n) is 5.96. The van der Waals surface area contributed by atoms with Crippen LogP contribution >= 0.6 is 0 Å². The van der Waals surface area contributed by atoms with Gasteiger partial charge in [-0.05, 0) is 47.9 Å². The Morgan fingerprint density at radius 2 is 1.07 bits per heavy atom. The summed E-state index contributed by atoms with van der Waals surface area (Å²) < 4.78 is 2.31. The van der Waals surface area contributed by atoms with Gasteiger partial charge >= 0.3 is 0 Å². The molecule has 0 saturated carbocycles. The minimum Gasteiger partial charge on any atom is -0.250 e. The van der Waals surface area contributed by atoms with Crippen molar-refractivity contribution >= 4 is 0 Å². The molecule has 3 aromatic carbocycles. The van der Waals surface area contributed by atoms with Gasteiger partial charge in [0.1, 0.15) is 5.54 Å². The Balaban J connectivity index is 1.90. The van der Waals surface area contributed by atoms with Gasteiger partial charge in [-0.2, -0.15) is 5.10 Å². The Hall–Kier alpha value is -3.13. The van der Waals surface area contributed by atoms with Crippen LogP contribution in [0.3, 0.4) is 0 Å². The standard InChI is InChI=1S/C26H24N2/c1-4-13-22(14-5-1)26(23-15-6-2-7-16-23,24-17-8-3-9-18-24)28-25-19-11-10-12-21(25)20-27-28/h1-9,13-18,20H,10-12,19H2. The zero-order chi connectivity index (χ0) is 18.8. The number of aryl methyl sites for hydroxylation is 1. The number of rotatable bonds is 4. The molecule has 1 heterocycles. The Bertz CT molecular complexity index is 953. The first-order valence-corrected chi connectivity index (χ1v) is 10.1. The molecule has 1 aromatic heterocycles. The number of aromatic nitrogens is 2. The van der Waals surface area contributed by atoms with E-state index in [1.165, 1.54) is 40.8 Å². The highest BCUT2D eigenvalue weighted by Gasteiger charge is 2.41. The first-order valence-electron chi connectivity index (χ1n) is 10.1. The Morgan fingerprint density at radius 1 is 0.607 bits per heavy atom. The summed E-state index contributed by atoms with van der Waals surface area (Å²) in [7, 11) is 0. The minimum absolute atomic E-state index is 0.477. The lowest BCUT2D eigenvalue weighted by molar-refractivity contribution is 0.434. The van der Waals surface area contributed by atoms with Gasteiger partial charge in [0.25, 0.3) is 0 Å². The maximum Gasteiger partial charge on any atom is 0.138 e. The fourth-order valence-electron chi connectivity index (χ4n) is 4.68. The molecule has 1 aliphatic rings. The molecule has 0 radical (unpaired) electrons. The van der Waals surface area contributed by atoms with Gasteiger partial charge in [0.2, 0.25) is 0 Å². The molecule has 0 fully saturated rings. The van der Waals surface area contributed by atoms with Crippen LogP contribution in [0.15, 0.2) is 97.2 Å². The fourth-order valence-corrected chi connectivity index (χ4v) is 4.68. The molecule has 0 bridgehead atoms. The lowest BCUT2D eigenvalue weighted by atomic mass is 9.76. The van der Waals surface area contributed by atoms with Crippen molar-refractivity contribution in [2.45, 2.75) is 31.2 Å². The van der Waals surface area contributed by atoms with Gasteiger partial charge in [-0.1, -0.05) is 91.0 Å². The molecule has 0 saturated heterocycles. The van der Waals surface area contributed by atoms with Crippen molar-refractivity contribution in [2.24, 2.45) is 0 Å². The number of hydrogen-bond donors (Lipinski definition) is 0. The number of hydrogen-bond acceptors (Lipinski definition) is 1. The highest BCUT2D eigenvalue weighted by atomic mass is 15.3. The second kappa shape index (κ2) is 7.12. The highest BCUT2D eigenvalue weighted by Crippen LogP contribution is 2.42. The number of fused-ring (bicyclic) bond motifs is 1. The summed E-state index contributed by atoms with van der Waals surface area (Å²) in [5, 5.41) is 5.02. The van der Waals surface area contributed by atoms with Crippen LogP contribution in [-0.2, 0) is 18.4 Å². The van der Waals surface area contributed by atoms with E-state index in [0.717, 1.165) is 12.8 Å². The summed E-state index contributed by atoms with van der Waals surface area (Å²) >= 11 is 0. The van der Waals surface area contributed by atoms with E-state index in [-0.39, 0.29) is 0 Å². The van der Waals surface area contributed by atoms with Crippen LogP contribution in [0.1, 0.15) is 40.8 Å². The van der Waals surface area contributed by atoms with Crippen LogP contribution < -0.4 is 0 Å². The molecule has 4 aromatic rings. The summed E-state index contributed by atoms with van der Waals surface area (Å²) in [6, 6.07) is 32.4. The van der Waals surface area contributed by atoms with Crippen LogP contribution in [0.4, 0.5) is 0 Å². The Morgan fingerprint density at radius 3 is 1.57 bits per heavy atom. The second-order valence-electron chi connectivity index (χ2n) is 7.54. The van der Waals surface area contributed by atoms with Crippen molar-refractivity contribution < 1.29 is 0 Å². The fraction of sp³-hybridized carbons (Fsp3) is 0.192. The first kappa shape index (κ1) is 17.0. The van der Waals surface area contributed by atoms with Crippen LogP contribution in [0.2, 0.25) is 0 Å². The minimum atomic E-state index is -0.477. The Labute approximate surface area is 166 Å². The molecule has 0 N–H and O–H groups in total. The van der Waals surface area contributed by atoms with E-state index in [9.17, 15) is 0 Å². The summed E-state index contributed by atoms with van der Waals surface area (Å²) in [4.78, 5) is 0. The van der Waals surface area contributed by atoms with Gasteiger partial charge in [0.15, 0.2) is 0 Å². The molecule has 28 heavy (non-hydrogen) atoms. The molecule has 2 nitrogen and oxygen atoms in total. The summed E-state index contributed by atoms with van der Waals surface area (Å²) in [5.41, 5.74) is 6.02. The van der Waals surface area contributed by atoms with E-state index >= 15 is 0 Å². The summed E-state index contributed by atoms with van der Waals surface area (Å²) in [5.74, 6) is 0. The van der Waals surface area contributed by atoms with Gasteiger partial charge in [-0.3, -0.25) is 0 Å². The zero-order valence-corrected chi connectivity index (χ0v) is 16.0. The third-order valence-corrected chi connectivity index (χ3v) is 5.96. The molecule has 0 spiro atoms. The van der Waals surface area contributed by atoms with Crippen LogP contribution in [0, 0.1) is 0 Å². The van der Waals surface area contributed by atoms with Crippen LogP contribution in [0.25, 0.3) is 0 Å². The van der Waals surface area contributed by atoms with E-state index in [2.05, 4.69) is 102 Å². The van der Waals surface area contributed by atoms with Crippen molar-refractivity contribution in [1.29, 1.82) is 0 Å². The molecule has 138 valence electrons. The van der Waals surface area contributed by atoms with E-state index < -0.39 is 5.54 Å². The van der Waals surface area contributed by atoms with Gasteiger partial charge in [0, 0.05) is 5.69 Å². The second-order valence-corrected chi connectivity index (χ2v) is 7.54. The molecule has 5 rings (SSSR count). The largest absolute Gasteiger partial charge is 0.250 e. The van der Waals surface area contributed by atoms with Crippen molar-refractivity contribution in [1.82, 2.24) is 9.78 Å². The summed E-state index contributed by atoms with van der Waals surface area (Å²) in [6.45, 7) is 0. The number of nitrogens with zero attached hydrogens (tertiary/aromatic N) is 2. The van der Waals surface area contributed by atoms with Gasteiger partial charge in [-0.15, -0.1) is 0 Å². The predicted molar refractivity (Wildman–Crippen MR) is 113 cm³/mol. The molecule has 0 unspecified atom stereocenters. The molecule has 0 atom stereocenters. The smallest absolute Gasteiger partial charge is 0.138 e. The molecule has 0 aliphatic heterocycles. The average molecular weight is 364 g/mol. The topological polar surface area (TPSA) is 17.8 Å². The van der Waals surface area contributed by atoms with E-state index in [4.69, 9.17) is 5.10 Å². The molecule has 2 heteroatoms. The molecule has 0 amide bonds. The monoisotopic (exact) mass is 364 g/mol. The first-order chi connectivity index (χ1) is 13.9. The van der Waals surface area contributed by atoms with Crippen molar-refractivity contribution in [3.8, 4) is 0 Å². The normalized spacial score (nSPS) is 13.9. The maximum absolute atomic E-state index is 5.02. The molecular weight excluding hydrogens is 340 g/mol. The van der Waals surface area contributed by atoms with Crippen LogP contribution in [-0.4, -0.2) is 9.78 Å². The van der Waals surface area contributed by atoms with Gasteiger partial charge in [-0.25, -0.2) is 4.68 Å². The lowest BCUT2D eigenvalue weighted by Crippen LogP contribution is -2.40. The maximum atomic E-state index is 5.02. The van der Waals surface area contributed by atoms with Crippen molar-refractivity contribution in [3.63, 3.8) is 0 Å². The van der Waals surface area contributed by atoms with Gasteiger partial charge < -0.3 is 0 Å². The van der Waals surface area contributed by atoms with E-state index in [1.54, 1.807) is 0 Å². The molecular formula is C26H24N2. The highest BCUT2D eigenvalue weighted by molar-refractivity contribution is 5.51. The zero-order valence-electron chi connectivity index (χ0n) is 16.0. The van der Waals surface area contributed by atoms with Crippen molar-refractivity contribution in [3.05, 3.63) is 125 Å². The molecule has 1 aliphatic carbocycles. The average Bonchev–Trinajstić information content (AvgIpc) is 3.21. The van der Waals surface area contributed by atoms with E-state index in [1.807, 2.05) is 0 Å².